The first kappa shape index (κ1) is 7.68. The molecule has 54 valence electrons. The summed E-state index contributed by atoms with van der Waals surface area (Å²) in [7, 11) is 0.829. The third kappa shape index (κ3) is 1.06. The lowest BCUT2D eigenvalue weighted by atomic mass is 10.3. The topological polar surface area (TPSA) is 37.4 Å². The van der Waals surface area contributed by atoms with Crippen LogP contribution in [0.2, 0.25) is 0 Å². The molecule has 0 aliphatic carbocycles. The zero-order valence-corrected chi connectivity index (χ0v) is 6.91. The predicted octanol–water partition coefficient (Wildman–Crippen LogP) is 0.794. The lowest BCUT2D eigenvalue weighted by molar-refractivity contribution is -0.130. The number of carbonyl (C=O) groups is 2. The summed E-state index contributed by atoms with van der Waals surface area (Å²) in [5, 5.41) is 0. The van der Waals surface area contributed by atoms with E-state index in [9.17, 15) is 9.59 Å². The zero-order valence-electron chi connectivity index (χ0n) is 5.20. The van der Waals surface area contributed by atoms with Crippen molar-refractivity contribution in [3.63, 3.8) is 0 Å². The van der Waals surface area contributed by atoms with Crippen molar-refractivity contribution in [3.8, 4) is 0 Å². The molecule has 0 N–H and O–H groups in total. The molecule has 0 aromatic heterocycles. The highest BCUT2D eigenvalue weighted by Gasteiger charge is 2.27. The molecule has 3 nitrogen and oxygen atoms in total. The van der Waals surface area contributed by atoms with Gasteiger partial charge < -0.3 is 0 Å². The van der Waals surface area contributed by atoms with Gasteiger partial charge in [0.1, 0.15) is 0 Å². The van der Waals surface area contributed by atoms with Crippen LogP contribution in [-0.2, 0) is 9.59 Å². The number of carbonyl (C=O) groups excluding carboxylic acids is 2. The van der Waals surface area contributed by atoms with Crippen LogP contribution >= 0.6 is 22.6 Å². The van der Waals surface area contributed by atoms with Gasteiger partial charge in [0.2, 0.25) is 0 Å². The van der Waals surface area contributed by atoms with E-state index >= 15 is 0 Å². The molecule has 0 saturated carbocycles. The average Bonchev–Trinajstić information content (AvgIpc) is 2.09. The van der Waals surface area contributed by atoms with Crippen LogP contribution < -0.4 is 0 Å². The third-order valence-electron chi connectivity index (χ3n) is 1.14. The SMILES string of the molecule is CC1=CC(=O)N(SS)C1=O. The highest BCUT2D eigenvalue weighted by atomic mass is 33.1. The van der Waals surface area contributed by atoms with E-state index in [-0.39, 0.29) is 11.8 Å². The monoisotopic (exact) mass is 175 g/mol. The highest BCUT2D eigenvalue weighted by Crippen LogP contribution is 2.22. The Bertz CT molecular complexity index is 224. The van der Waals surface area contributed by atoms with Gasteiger partial charge in [-0.15, -0.1) is 0 Å². The van der Waals surface area contributed by atoms with E-state index in [2.05, 4.69) is 11.7 Å². The molecule has 1 aliphatic heterocycles. The van der Waals surface area contributed by atoms with Crippen LogP contribution in [0.1, 0.15) is 6.92 Å². The molecule has 1 aliphatic rings. The molecule has 1 rings (SSSR count). The number of nitrogens with zero attached hydrogens (tertiary/aromatic N) is 1. The highest BCUT2D eigenvalue weighted by molar-refractivity contribution is 8.67. The fourth-order valence-corrected chi connectivity index (χ4v) is 1.46. The minimum Gasteiger partial charge on any atom is -0.268 e. The van der Waals surface area contributed by atoms with E-state index in [4.69, 9.17) is 0 Å². The van der Waals surface area contributed by atoms with Crippen molar-refractivity contribution >= 4 is 34.5 Å². The summed E-state index contributed by atoms with van der Waals surface area (Å²) in [4.78, 5) is 21.7. The lowest BCUT2D eigenvalue weighted by Gasteiger charge is -2.06. The number of amides is 2. The van der Waals surface area contributed by atoms with E-state index in [1.807, 2.05) is 0 Å². The van der Waals surface area contributed by atoms with Crippen molar-refractivity contribution in [3.05, 3.63) is 11.6 Å². The maximum Gasteiger partial charge on any atom is 0.267 e. The predicted molar refractivity (Wildman–Crippen MR) is 42.2 cm³/mol. The minimum atomic E-state index is -0.303. The largest absolute Gasteiger partial charge is 0.268 e. The molecule has 0 atom stereocenters. The first-order valence-corrected chi connectivity index (χ1v) is 4.37. The maximum atomic E-state index is 10.9. The first-order chi connectivity index (χ1) is 4.66. The second-order valence-corrected chi connectivity index (χ2v) is 2.87. The van der Waals surface area contributed by atoms with E-state index in [1.165, 1.54) is 6.08 Å². The summed E-state index contributed by atoms with van der Waals surface area (Å²) < 4.78 is 0.998. The normalized spacial score (nSPS) is 18.2. The van der Waals surface area contributed by atoms with Gasteiger partial charge in [0.05, 0.1) is 0 Å². The average molecular weight is 175 g/mol. The lowest BCUT2D eigenvalue weighted by Crippen LogP contribution is -2.21. The van der Waals surface area contributed by atoms with Gasteiger partial charge in [0.25, 0.3) is 11.8 Å². The van der Waals surface area contributed by atoms with E-state index in [0.717, 1.165) is 15.3 Å². The molecule has 0 bridgehead atoms. The summed E-state index contributed by atoms with van der Waals surface area (Å²) in [6.07, 6.45) is 1.30. The summed E-state index contributed by atoms with van der Waals surface area (Å²) in [5.41, 5.74) is 0.464. The van der Waals surface area contributed by atoms with Crippen LogP contribution in [0.3, 0.4) is 0 Å². The van der Waals surface area contributed by atoms with Crippen molar-refractivity contribution in [2.45, 2.75) is 6.92 Å². The van der Waals surface area contributed by atoms with Gasteiger partial charge >= 0.3 is 0 Å². The van der Waals surface area contributed by atoms with Crippen LogP contribution in [0.15, 0.2) is 11.6 Å². The molecule has 0 aromatic rings. The van der Waals surface area contributed by atoms with Crippen LogP contribution in [0.25, 0.3) is 0 Å². The molecule has 0 radical (unpaired) electrons. The molecule has 1 heterocycles. The van der Waals surface area contributed by atoms with E-state index < -0.39 is 0 Å². The van der Waals surface area contributed by atoms with Crippen LogP contribution in [0.4, 0.5) is 0 Å². The minimum absolute atomic E-state index is 0.273. The Kier molecular flexibility index (Phi) is 2.05. The van der Waals surface area contributed by atoms with Crippen molar-refractivity contribution in [2.75, 3.05) is 0 Å². The second kappa shape index (κ2) is 2.67. The molecule has 2 amide bonds. The Morgan fingerprint density at radius 1 is 1.60 bits per heavy atom. The molecule has 0 aromatic carbocycles. The Labute approximate surface area is 67.4 Å². The van der Waals surface area contributed by atoms with E-state index in [0.29, 0.717) is 5.57 Å². The van der Waals surface area contributed by atoms with Gasteiger partial charge in [0, 0.05) is 22.6 Å². The summed E-state index contributed by atoms with van der Waals surface area (Å²) in [5.74, 6) is -0.576. The summed E-state index contributed by atoms with van der Waals surface area (Å²) in [6.45, 7) is 1.60. The zero-order chi connectivity index (χ0) is 7.72. The summed E-state index contributed by atoms with van der Waals surface area (Å²) >= 11 is 3.74. The second-order valence-electron chi connectivity index (χ2n) is 1.85. The van der Waals surface area contributed by atoms with E-state index in [1.54, 1.807) is 6.92 Å². The van der Waals surface area contributed by atoms with Crippen LogP contribution in [-0.4, -0.2) is 16.1 Å². The molecule has 0 saturated heterocycles. The summed E-state index contributed by atoms with van der Waals surface area (Å²) in [6, 6.07) is 0. The van der Waals surface area contributed by atoms with Crippen LogP contribution in [0.5, 0.6) is 0 Å². The fourth-order valence-electron chi connectivity index (χ4n) is 0.643. The molecule has 5 heteroatoms. The Hall–Kier alpha value is -0.420. The Morgan fingerprint density at radius 2 is 2.20 bits per heavy atom. The standard InChI is InChI=1S/C5H5NO2S2/c1-3-2-4(7)6(10-9)5(3)8/h2,9H,1H3. The molecule has 0 unspecified atom stereocenters. The number of hydrogen-bond donors (Lipinski definition) is 1. The Morgan fingerprint density at radius 3 is 2.40 bits per heavy atom. The molecular weight excluding hydrogens is 170 g/mol. The van der Waals surface area contributed by atoms with Gasteiger partial charge in [-0.25, -0.2) is 4.31 Å². The van der Waals surface area contributed by atoms with Crippen molar-refractivity contribution in [1.82, 2.24) is 4.31 Å². The first-order valence-electron chi connectivity index (χ1n) is 2.55. The Balaban J connectivity index is 2.87. The van der Waals surface area contributed by atoms with Gasteiger partial charge in [0.15, 0.2) is 0 Å². The molecule has 0 spiro atoms. The van der Waals surface area contributed by atoms with Gasteiger partial charge in [-0.05, 0) is 6.92 Å². The fraction of sp³-hybridized carbons (Fsp3) is 0.200. The maximum absolute atomic E-state index is 10.9. The van der Waals surface area contributed by atoms with Crippen molar-refractivity contribution < 1.29 is 9.59 Å². The van der Waals surface area contributed by atoms with Gasteiger partial charge in [-0.2, -0.15) is 0 Å². The third-order valence-corrected chi connectivity index (χ3v) is 2.14. The number of hydrogen-bond acceptors (Lipinski definition) is 4. The molecule has 0 fully saturated rings. The molecule has 10 heavy (non-hydrogen) atoms. The van der Waals surface area contributed by atoms with Gasteiger partial charge in [-0.3, -0.25) is 9.59 Å². The smallest absolute Gasteiger partial charge is 0.267 e. The quantitative estimate of drug-likeness (QED) is 0.277. The van der Waals surface area contributed by atoms with Crippen molar-refractivity contribution in [2.24, 2.45) is 0 Å². The van der Waals surface area contributed by atoms with Crippen LogP contribution in [0, 0.1) is 0 Å². The number of thiol groups is 1. The molecular formula is C5H5NO2S2. The number of rotatable bonds is 1. The number of imide groups is 1. The van der Waals surface area contributed by atoms with Crippen molar-refractivity contribution in [1.29, 1.82) is 0 Å². The van der Waals surface area contributed by atoms with Gasteiger partial charge in [-0.1, -0.05) is 11.7 Å².